The van der Waals surface area contributed by atoms with Gasteiger partial charge >= 0.3 is 0 Å². The van der Waals surface area contributed by atoms with E-state index < -0.39 is 0 Å². The van der Waals surface area contributed by atoms with Gasteiger partial charge in [-0.1, -0.05) is 33.6 Å². The van der Waals surface area contributed by atoms with E-state index in [1.807, 2.05) is 6.07 Å². The molecule has 1 saturated heterocycles. The molecule has 1 aliphatic rings. The molecule has 1 aromatic heterocycles. The highest BCUT2D eigenvalue weighted by molar-refractivity contribution is 9.10. The van der Waals surface area contributed by atoms with Crippen LogP contribution >= 0.6 is 27.5 Å². The molecule has 6 nitrogen and oxygen atoms in total. The lowest BCUT2D eigenvalue weighted by Gasteiger charge is -2.35. The number of piperazine rings is 1. The molecular weight excluding hydrogens is 475 g/mol. The van der Waals surface area contributed by atoms with Crippen molar-refractivity contribution in [3.05, 3.63) is 74.0 Å². The molecule has 0 N–H and O–H groups in total. The number of carbonyl (C=O) groups is 1. The molecule has 2 aromatic carbocycles. The topological polar surface area (TPSA) is 58.4 Å². The number of hydrogen-bond donors (Lipinski definition) is 0. The molecule has 9 heteroatoms. The summed E-state index contributed by atoms with van der Waals surface area (Å²) in [4.78, 5) is 33.5. The molecule has 0 aliphatic carbocycles. The Morgan fingerprint density at radius 2 is 1.93 bits per heavy atom. The summed E-state index contributed by atoms with van der Waals surface area (Å²) in [5.41, 5.74) is 0.814. The van der Waals surface area contributed by atoms with Crippen molar-refractivity contribution in [2.24, 2.45) is 0 Å². The SMILES string of the molecule is O=C(Cn1cnc2ccc(Br)cc2c1=O)N1CCN(Cc2c(F)cccc2Cl)CC1. The first-order chi connectivity index (χ1) is 14.4. The van der Waals surface area contributed by atoms with Crippen LogP contribution in [-0.4, -0.2) is 51.4 Å². The van der Waals surface area contributed by atoms with Crippen LogP contribution in [-0.2, 0) is 17.9 Å². The van der Waals surface area contributed by atoms with E-state index in [0.29, 0.717) is 54.2 Å². The summed E-state index contributed by atoms with van der Waals surface area (Å²) in [6.07, 6.45) is 1.41. The third kappa shape index (κ3) is 4.40. The number of nitrogens with zero attached hydrogens (tertiary/aromatic N) is 4. The van der Waals surface area contributed by atoms with Crippen LogP contribution in [0.25, 0.3) is 10.9 Å². The fourth-order valence-electron chi connectivity index (χ4n) is 3.55. The lowest BCUT2D eigenvalue weighted by molar-refractivity contribution is -0.133. The van der Waals surface area contributed by atoms with Crippen molar-refractivity contribution in [2.75, 3.05) is 26.2 Å². The summed E-state index contributed by atoms with van der Waals surface area (Å²) in [5, 5.41) is 0.870. The molecule has 3 aromatic rings. The minimum absolute atomic E-state index is 0.0621. The molecule has 0 saturated carbocycles. The standard InChI is InChI=1S/C21H19BrClFN4O2/c22-14-4-5-19-15(10-14)21(30)28(13-25-19)12-20(29)27-8-6-26(7-9-27)11-16-17(23)2-1-3-18(16)24/h1-5,10,13H,6-9,11-12H2. The second-order valence-corrected chi connectivity index (χ2v) is 8.52. The zero-order valence-electron chi connectivity index (χ0n) is 16.0. The number of rotatable bonds is 4. The van der Waals surface area contributed by atoms with Crippen LogP contribution in [0.1, 0.15) is 5.56 Å². The van der Waals surface area contributed by atoms with Crippen molar-refractivity contribution in [1.29, 1.82) is 0 Å². The van der Waals surface area contributed by atoms with Gasteiger partial charge in [-0.05, 0) is 30.3 Å². The third-order valence-corrected chi connectivity index (χ3v) is 6.11. The van der Waals surface area contributed by atoms with Crippen molar-refractivity contribution in [1.82, 2.24) is 19.4 Å². The van der Waals surface area contributed by atoms with Crippen molar-refractivity contribution in [3.8, 4) is 0 Å². The molecule has 0 atom stereocenters. The van der Waals surface area contributed by atoms with Gasteiger partial charge in [0.05, 0.1) is 17.2 Å². The Morgan fingerprint density at radius 1 is 1.17 bits per heavy atom. The minimum Gasteiger partial charge on any atom is -0.339 e. The molecular formula is C21H19BrClFN4O2. The molecule has 1 fully saturated rings. The normalized spacial score (nSPS) is 15.0. The van der Waals surface area contributed by atoms with Crippen LogP contribution in [0.4, 0.5) is 4.39 Å². The average molecular weight is 494 g/mol. The zero-order valence-corrected chi connectivity index (χ0v) is 18.4. The van der Waals surface area contributed by atoms with E-state index in [4.69, 9.17) is 11.6 Å². The lowest BCUT2D eigenvalue weighted by Crippen LogP contribution is -2.49. The zero-order chi connectivity index (χ0) is 21.3. The molecule has 0 bridgehead atoms. The summed E-state index contributed by atoms with van der Waals surface area (Å²) in [6.45, 7) is 2.56. The number of carbonyl (C=O) groups excluding carboxylic acids is 1. The van der Waals surface area contributed by atoms with E-state index in [1.54, 1.807) is 29.2 Å². The quantitative estimate of drug-likeness (QED) is 0.560. The summed E-state index contributed by atoms with van der Waals surface area (Å²) >= 11 is 9.47. The molecule has 156 valence electrons. The third-order valence-electron chi connectivity index (χ3n) is 5.26. The second-order valence-electron chi connectivity index (χ2n) is 7.20. The molecule has 0 unspecified atom stereocenters. The largest absolute Gasteiger partial charge is 0.339 e. The highest BCUT2D eigenvalue weighted by Crippen LogP contribution is 2.21. The maximum absolute atomic E-state index is 14.0. The molecule has 4 rings (SSSR count). The van der Waals surface area contributed by atoms with Gasteiger partial charge in [0.1, 0.15) is 12.4 Å². The summed E-state index contributed by atoms with van der Waals surface area (Å²) in [7, 11) is 0. The number of benzene rings is 2. The fourth-order valence-corrected chi connectivity index (χ4v) is 4.14. The van der Waals surface area contributed by atoms with Gasteiger partial charge in [-0.15, -0.1) is 0 Å². The van der Waals surface area contributed by atoms with E-state index in [1.165, 1.54) is 17.0 Å². The molecule has 1 aliphatic heterocycles. The first kappa shape index (κ1) is 21.0. The maximum Gasteiger partial charge on any atom is 0.261 e. The van der Waals surface area contributed by atoms with Gasteiger partial charge in [-0.3, -0.25) is 19.1 Å². The first-order valence-electron chi connectivity index (χ1n) is 9.50. The van der Waals surface area contributed by atoms with Crippen LogP contribution in [0.5, 0.6) is 0 Å². The first-order valence-corrected chi connectivity index (χ1v) is 10.7. The van der Waals surface area contributed by atoms with Gasteiger partial charge < -0.3 is 4.90 Å². The van der Waals surface area contributed by atoms with Crippen molar-refractivity contribution >= 4 is 44.3 Å². The number of amides is 1. The Balaban J connectivity index is 1.40. The summed E-state index contributed by atoms with van der Waals surface area (Å²) in [5.74, 6) is -0.465. The van der Waals surface area contributed by atoms with Gasteiger partial charge in [0.2, 0.25) is 5.91 Å². The van der Waals surface area contributed by atoms with E-state index >= 15 is 0 Å². The van der Waals surface area contributed by atoms with Crippen molar-refractivity contribution in [3.63, 3.8) is 0 Å². The Labute approximate surface area is 186 Å². The van der Waals surface area contributed by atoms with E-state index in [-0.39, 0.29) is 23.8 Å². The van der Waals surface area contributed by atoms with Gasteiger partial charge in [-0.25, -0.2) is 9.37 Å². The van der Waals surface area contributed by atoms with Crippen LogP contribution in [0.15, 0.2) is 52.0 Å². The molecule has 1 amide bonds. The number of halogens is 3. The van der Waals surface area contributed by atoms with Crippen LogP contribution in [0.2, 0.25) is 5.02 Å². The Kier molecular flexibility index (Phi) is 6.17. The maximum atomic E-state index is 14.0. The molecule has 0 radical (unpaired) electrons. The van der Waals surface area contributed by atoms with Gasteiger partial charge in [0, 0.05) is 47.8 Å². The van der Waals surface area contributed by atoms with Gasteiger partial charge in [-0.2, -0.15) is 0 Å². The Hall–Kier alpha value is -2.29. The fraction of sp³-hybridized carbons (Fsp3) is 0.286. The predicted octanol–water partition coefficient (Wildman–Crippen LogP) is 3.30. The number of aromatic nitrogens is 2. The summed E-state index contributed by atoms with van der Waals surface area (Å²) in [6, 6.07) is 9.94. The lowest BCUT2D eigenvalue weighted by atomic mass is 10.2. The van der Waals surface area contributed by atoms with Gasteiger partial charge in [0.15, 0.2) is 0 Å². The monoisotopic (exact) mass is 492 g/mol. The minimum atomic E-state index is -0.323. The Bertz CT molecular complexity index is 1140. The van der Waals surface area contributed by atoms with E-state index in [0.717, 1.165) is 4.47 Å². The highest BCUT2D eigenvalue weighted by Gasteiger charge is 2.23. The predicted molar refractivity (Wildman–Crippen MR) is 117 cm³/mol. The second kappa shape index (κ2) is 8.83. The van der Waals surface area contributed by atoms with Crippen LogP contribution in [0.3, 0.4) is 0 Å². The van der Waals surface area contributed by atoms with Crippen LogP contribution in [0, 0.1) is 5.82 Å². The van der Waals surface area contributed by atoms with E-state index in [2.05, 4.69) is 25.8 Å². The number of hydrogen-bond acceptors (Lipinski definition) is 4. The molecule has 2 heterocycles. The smallest absolute Gasteiger partial charge is 0.261 e. The van der Waals surface area contributed by atoms with E-state index in [9.17, 15) is 14.0 Å². The average Bonchev–Trinajstić information content (AvgIpc) is 2.73. The Morgan fingerprint density at radius 3 is 2.67 bits per heavy atom. The van der Waals surface area contributed by atoms with Crippen LogP contribution < -0.4 is 5.56 Å². The number of fused-ring (bicyclic) bond motifs is 1. The highest BCUT2D eigenvalue weighted by atomic mass is 79.9. The van der Waals surface area contributed by atoms with Crippen molar-refractivity contribution in [2.45, 2.75) is 13.1 Å². The molecule has 0 spiro atoms. The molecule has 30 heavy (non-hydrogen) atoms. The van der Waals surface area contributed by atoms with Crippen molar-refractivity contribution < 1.29 is 9.18 Å². The summed E-state index contributed by atoms with van der Waals surface area (Å²) < 4.78 is 16.1. The van der Waals surface area contributed by atoms with Gasteiger partial charge in [0.25, 0.3) is 5.56 Å².